The SMILES string of the molecule is Cc1nnc(SCCCC(=O)N2CCN(C(=O)CC(C)(C)C)C(C)C2)n1-c1cccc(Cl)c1. The molecule has 1 unspecified atom stereocenters. The number of hydrogen-bond acceptors (Lipinski definition) is 5. The number of benzene rings is 1. The van der Waals surface area contributed by atoms with Crippen molar-refractivity contribution in [3.8, 4) is 5.69 Å². The summed E-state index contributed by atoms with van der Waals surface area (Å²) in [5.41, 5.74) is 0.896. The molecule has 33 heavy (non-hydrogen) atoms. The fraction of sp³-hybridized carbons (Fsp3) is 0.583. The number of thioether (sulfide) groups is 1. The molecule has 2 aromatic rings. The second-order valence-electron chi connectivity index (χ2n) is 9.81. The van der Waals surface area contributed by atoms with Crippen molar-refractivity contribution >= 4 is 35.2 Å². The zero-order chi connectivity index (χ0) is 24.2. The van der Waals surface area contributed by atoms with E-state index in [4.69, 9.17) is 11.6 Å². The van der Waals surface area contributed by atoms with E-state index in [0.29, 0.717) is 37.5 Å². The zero-order valence-electron chi connectivity index (χ0n) is 20.2. The Morgan fingerprint density at radius 2 is 1.94 bits per heavy atom. The van der Waals surface area contributed by atoms with Crippen LogP contribution in [0, 0.1) is 12.3 Å². The van der Waals surface area contributed by atoms with Crippen LogP contribution in [0.5, 0.6) is 0 Å². The van der Waals surface area contributed by atoms with E-state index in [1.807, 2.05) is 52.5 Å². The van der Waals surface area contributed by atoms with Crippen molar-refractivity contribution in [3.63, 3.8) is 0 Å². The topological polar surface area (TPSA) is 71.3 Å². The molecule has 180 valence electrons. The number of piperazine rings is 1. The molecule has 2 amide bonds. The number of hydrogen-bond donors (Lipinski definition) is 0. The number of carbonyl (C=O) groups excluding carboxylic acids is 2. The first-order valence-corrected chi connectivity index (χ1v) is 12.8. The Hall–Kier alpha value is -2.06. The third-order valence-corrected chi connectivity index (χ3v) is 6.86. The van der Waals surface area contributed by atoms with Gasteiger partial charge in [0.1, 0.15) is 5.82 Å². The zero-order valence-corrected chi connectivity index (χ0v) is 21.7. The molecular formula is C24H34ClN5O2S. The van der Waals surface area contributed by atoms with Crippen molar-refractivity contribution in [2.75, 3.05) is 25.4 Å². The summed E-state index contributed by atoms with van der Waals surface area (Å²) in [6, 6.07) is 7.65. The van der Waals surface area contributed by atoms with Gasteiger partial charge in [-0.25, -0.2) is 0 Å². The molecular weight excluding hydrogens is 458 g/mol. The highest BCUT2D eigenvalue weighted by Gasteiger charge is 2.31. The highest BCUT2D eigenvalue weighted by Crippen LogP contribution is 2.25. The number of aromatic nitrogens is 3. The number of halogens is 1. The van der Waals surface area contributed by atoms with Gasteiger partial charge in [0.2, 0.25) is 11.8 Å². The summed E-state index contributed by atoms with van der Waals surface area (Å²) >= 11 is 7.73. The molecule has 1 saturated heterocycles. The average molecular weight is 492 g/mol. The van der Waals surface area contributed by atoms with Gasteiger partial charge in [0.05, 0.1) is 5.69 Å². The van der Waals surface area contributed by atoms with Gasteiger partial charge in [-0.1, -0.05) is 50.2 Å². The minimum atomic E-state index is -0.0308. The molecule has 0 aliphatic carbocycles. The summed E-state index contributed by atoms with van der Waals surface area (Å²) in [4.78, 5) is 29.2. The van der Waals surface area contributed by atoms with Crippen LogP contribution < -0.4 is 0 Å². The van der Waals surface area contributed by atoms with Crippen molar-refractivity contribution in [1.29, 1.82) is 0 Å². The van der Waals surface area contributed by atoms with Gasteiger partial charge in [-0.05, 0) is 43.9 Å². The minimum absolute atomic E-state index is 0.0308. The van der Waals surface area contributed by atoms with Crippen LogP contribution in [0.25, 0.3) is 5.69 Å². The smallest absolute Gasteiger partial charge is 0.223 e. The number of amides is 2. The summed E-state index contributed by atoms with van der Waals surface area (Å²) in [6.07, 6.45) is 1.77. The summed E-state index contributed by atoms with van der Waals surface area (Å²) in [5.74, 6) is 1.89. The van der Waals surface area contributed by atoms with Gasteiger partial charge in [-0.15, -0.1) is 10.2 Å². The predicted molar refractivity (Wildman–Crippen MR) is 133 cm³/mol. The lowest BCUT2D eigenvalue weighted by Gasteiger charge is -2.41. The largest absolute Gasteiger partial charge is 0.339 e. The van der Waals surface area contributed by atoms with Gasteiger partial charge in [-0.2, -0.15) is 0 Å². The van der Waals surface area contributed by atoms with E-state index < -0.39 is 0 Å². The Labute approximate surface area is 205 Å². The molecule has 0 bridgehead atoms. The Morgan fingerprint density at radius 1 is 1.18 bits per heavy atom. The fourth-order valence-electron chi connectivity index (χ4n) is 4.00. The highest BCUT2D eigenvalue weighted by atomic mass is 35.5. The van der Waals surface area contributed by atoms with E-state index >= 15 is 0 Å². The Kier molecular flexibility index (Phi) is 8.45. The third-order valence-electron chi connectivity index (χ3n) is 5.61. The Balaban J connectivity index is 1.47. The second-order valence-corrected chi connectivity index (χ2v) is 11.3. The van der Waals surface area contributed by atoms with Crippen molar-refractivity contribution in [2.45, 2.75) is 65.1 Å². The maximum absolute atomic E-state index is 12.8. The fourth-order valence-corrected chi connectivity index (χ4v) is 5.12. The Bertz CT molecular complexity index is 987. The number of rotatable bonds is 7. The van der Waals surface area contributed by atoms with E-state index in [-0.39, 0.29) is 23.3 Å². The lowest BCUT2D eigenvalue weighted by Crippen LogP contribution is -2.55. The van der Waals surface area contributed by atoms with Crippen LogP contribution in [0.3, 0.4) is 0 Å². The normalized spacial score (nSPS) is 16.8. The van der Waals surface area contributed by atoms with Crippen LogP contribution in [0.4, 0.5) is 0 Å². The first-order chi connectivity index (χ1) is 15.5. The first-order valence-electron chi connectivity index (χ1n) is 11.4. The van der Waals surface area contributed by atoms with E-state index in [1.165, 1.54) is 0 Å². The molecule has 1 aliphatic heterocycles. The Morgan fingerprint density at radius 3 is 2.61 bits per heavy atom. The summed E-state index contributed by atoms with van der Waals surface area (Å²) < 4.78 is 1.98. The molecule has 3 rings (SSSR count). The van der Waals surface area contributed by atoms with Crippen molar-refractivity contribution < 1.29 is 9.59 Å². The molecule has 7 nitrogen and oxygen atoms in total. The molecule has 2 heterocycles. The average Bonchev–Trinajstić information content (AvgIpc) is 3.09. The summed E-state index contributed by atoms with van der Waals surface area (Å²) in [7, 11) is 0. The molecule has 1 fully saturated rings. The standard InChI is InChI=1S/C24H34ClN5O2S/c1-17-16-28(11-12-29(17)22(32)15-24(3,4)5)21(31)10-7-13-33-23-27-26-18(2)30(23)20-9-6-8-19(25)14-20/h6,8-9,14,17H,7,10-13,15-16H2,1-5H3. The quantitative estimate of drug-likeness (QED) is 0.418. The minimum Gasteiger partial charge on any atom is -0.339 e. The number of nitrogens with zero attached hydrogens (tertiary/aromatic N) is 5. The molecule has 0 spiro atoms. The van der Waals surface area contributed by atoms with Crippen LogP contribution in [-0.4, -0.2) is 67.8 Å². The number of aryl methyl sites for hydroxylation is 1. The maximum atomic E-state index is 12.8. The molecule has 1 atom stereocenters. The maximum Gasteiger partial charge on any atom is 0.223 e. The van der Waals surface area contributed by atoms with Gasteiger partial charge in [0, 0.05) is 49.3 Å². The first kappa shape index (κ1) is 25.6. The van der Waals surface area contributed by atoms with Gasteiger partial charge >= 0.3 is 0 Å². The second kappa shape index (κ2) is 10.9. The van der Waals surface area contributed by atoms with E-state index in [9.17, 15) is 9.59 Å². The monoisotopic (exact) mass is 491 g/mol. The third kappa shape index (κ3) is 6.96. The van der Waals surface area contributed by atoms with Crippen molar-refractivity contribution in [1.82, 2.24) is 24.6 Å². The van der Waals surface area contributed by atoms with Gasteiger partial charge < -0.3 is 9.80 Å². The lowest BCUT2D eigenvalue weighted by atomic mass is 9.91. The number of carbonyl (C=O) groups is 2. The highest BCUT2D eigenvalue weighted by molar-refractivity contribution is 7.99. The van der Waals surface area contributed by atoms with Crippen LogP contribution in [-0.2, 0) is 9.59 Å². The molecule has 1 aromatic carbocycles. The van der Waals surface area contributed by atoms with E-state index in [2.05, 4.69) is 31.0 Å². The van der Waals surface area contributed by atoms with Crippen molar-refractivity contribution in [2.24, 2.45) is 5.41 Å². The molecule has 1 aliphatic rings. The predicted octanol–water partition coefficient (Wildman–Crippen LogP) is 4.60. The lowest BCUT2D eigenvalue weighted by molar-refractivity contribution is -0.143. The summed E-state index contributed by atoms with van der Waals surface area (Å²) in [5, 5.41) is 9.95. The van der Waals surface area contributed by atoms with Gasteiger partial charge in [0.15, 0.2) is 5.16 Å². The van der Waals surface area contributed by atoms with Crippen LogP contribution in [0.1, 0.15) is 52.8 Å². The molecule has 0 N–H and O–H groups in total. The van der Waals surface area contributed by atoms with E-state index in [0.717, 1.165) is 28.8 Å². The van der Waals surface area contributed by atoms with E-state index in [1.54, 1.807) is 11.8 Å². The van der Waals surface area contributed by atoms with Crippen LogP contribution in [0.15, 0.2) is 29.4 Å². The molecule has 9 heteroatoms. The van der Waals surface area contributed by atoms with Crippen LogP contribution in [0.2, 0.25) is 5.02 Å². The van der Waals surface area contributed by atoms with Gasteiger partial charge in [-0.3, -0.25) is 14.2 Å². The molecule has 1 aromatic heterocycles. The summed E-state index contributed by atoms with van der Waals surface area (Å²) in [6.45, 7) is 12.0. The van der Waals surface area contributed by atoms with Gasteiger partial charge in [0.25, 0.3) is 0 Å². The molecule has 0 radical (unpaired) electrons. The molecule has 0 saturated carbocycles. The van der Waals surface area contributed by atoms with Crippen molar-refractivity contribution in [3.05, 3.63) is 35.1 Å². The van der Waals surface area contributed by atoms with Crippen LogP contribution >= 0.6 is 23.4 Å².